The van der Waals surface area contributed by atoms with E-state index in [9.17, 15) is 0 Å². The van der Waals surface area contributed by atoms with Gasteiger partial charge in [0, 0.05) is 35.2 Å². The van der Waals surface area contributed by atoms with E-state index < -0.39 is 0 Å². The highest BCUT2D eigenvalue weighted by atomic mass is 16.5. The summed E-state index contributed by atoms with van der Waals surface area (Å²) >= 11 is 0. The van der Waals surface area contributed by atoms with E-state index >= 15 is 0 Å². The summed E-state index contributed by atoms with van der Waals surface area (Å²) in [7, 11) is 4.89. The van der Waals surface area contributed by atoms with Crippen molar-refractivity contribution in [3.8, 4) is 28.6 Å². The van der Waals surface area contributed by atoms with Gasteiger partial charge in [-0.05, 0) is 36.4 Å². The van der Waals surface area contributed by atoms with Gasteiger partial charge in [0.25, 0.3) is 0 Å². The van der Waals surface area contributed by atoms with Crippen molar-refractivity contribution in [1.29, 1.82) is 0 Å². The van der Waals surface area contributed by atoms with Gasteiger partial charge in [0.15, 0.2) is 0 Å². The van der Waals surface area contributed by atoms with E-state index in [2.05, 4.69) is 0 Å². The standard InChI is InChI=1S/C24H21NO4/c1-26-18-10-8-16(9-11-18)24-15-22(21-6-4-5-7-23(21)29-24)25-17-12-19(27-2)14-20(13-17)28-3/h4-15H,1-3H3. The Labute approximate surface area is 168 Å². The second-order valence-corrected chi connectivity index (χ2v) is 6.40. The summed E-state index contributed by atoms with van der Waals surface area (Å²) in [5, 5.41) is 1.72. The summed E-state index contributed by atoms with van der Waals surface area (Å²) in [6.45, 7) is 0. The van der Waals surface area contributed by atoms with E-state index in [0.717, 1.165) is 39.1 Å². The first-order chi connectivity index (χ1) is 14.2. The molecule has 0 radical (unpaired) electrons. The molecule has 1 aromatic heterocycles. The van der Waals surface area contributed by atoms with Crippen LogP contribution in [0.15, 0.2) is 82.2 Å². The summed E-state index contributed by atoms with van der Waals surface area (Å²) in [6, 6.07) is 23.1. The maximum atomic E-state index is 6.14. The molecule has 0 fully saturated rings. The zero-order valence-corrected chi connectivity index (χ0v) is 16.5. The highest BCUT2D eigenvalue weighted by Crippen LogP contribution is 2.28. The van der Waals surface area contributed by atoms with Crippen molar-refractivity contribution in [1.82, 2.24) is 0 Å². The Morgan fingerprint density at radius 1 is 0.690 bits per heavy atom. The lowest BCUT2D eigenvalue weighted by Crippen LogP contribution is -2.03. The molecule has 0 aliphatic carbocycles. The van der Waals surface area contributed by atoms with Crippen LogP contribution in [0.3, 0.4) is 0 Å². The third-order valence-corrected chi connectivity index (χ3v) is 4.61. The average Bonchev–Trinajstić information content (AvgIpc) is 2.78. The third-order valence-electron chi connectivity index (χ3n) is 4.61. The van der Waals surface area contributed by atoms with Crippen molar-refractivity contribution in [2.45, 2.75) is 0 Å². The van der Waals surface area contributed by atoms with Crippen LogP contribution in [0.4, 0.5) is 5.69 Å². The normalized spacial score (nSPS) is 11.5. The summed E-state index contributed by atoms with van der Waals surface area (Å²) in [5.74, 6) is 2.88. The Kier molecular flexibility index (Phi) is 5.20. The Morgan fingerprint density at radius 2 is 1.34 bits per heavy atom. The van der Waals surface area contributed by atoms with Crippen LogP contribution in [0.2, 0.25) is 0 Å². The van der Waals surface area contributed by atoms with Gasteiger partial charge in [-0.3, -0.25) is 0 Å². The lowest BCUT2D eigenvalue weighted by atomic mass is 10.1. The van der Waals surface area contributed by atoms with Gasteiger partial charge in [0.05, 0.1) is 32.4 Å². The van der Waals surface area contributed by atoms with Gasteiger partial charge in [0.2, 0.25) is 0 Å². The molecule has 3 aromatic carbocycles. The quantitative estimate of drug-likeness (QED) is 0.463. The molecule has 0 bridgehead atoms. The molecule has 0 atom stereocenters. The monoisotopic (exact) mass is 387 g/mol. The minimum Gasteiger partial charge on any atom is -0.497 e. The molecule has 146 valence electrons. The van der Waals surface area contributed by atoms with Crippen molar-refractivity contribution < 1.29 is 18.6 Å². The molecule has 29 heavy (non-hydrogen) atoms. The molecular formula is C24H21NO4. The van der Waals surface area contributed by atoms with E-state index in [-0.39, 0.29) is 0 Å². The van der Waals surface area contributed by atoms with Crippen molar-refractivity contribution in [3.63, 3.8) is 0 Å². The molecule has 0 saturated carbocycles. The highest BCUT2D eigenvalue weighted by molar-refractivity contribution is 5.78. The molecule has 0 unspecified atom stereocenters. The summed E-state index contributed by atoms with van der Waals surface area (Å²) in [5.41, 5.74) is 2.43. The van der Waals surface area contributed by atoms with E-state index in [1.54, 1.807) is 21.3 Å². The molecular weight excluding hydrogens is 366 g/mol. The molecule has 4 rings (SSSR count). The van der Waals surface area contributed by atoms with Gasteiger partial charge >= 0.3 is 0 Å². The number of rotatable bonds is 5. The summed E-state index contributed by atoms with van der Waals surface area (Å²) < 4.78 is 22.1. The predicted octanol–water partition coefficient (Wildman–Crippen LogP) is 5.36. The van der Waals surface area contributed by atoms with Gasteiger partial charge in [-0.25, -0.2) is 4.99 Å². The SMILES string of the molecule is COc1ccc(-c2cc(=Nc3cc(OC)cc(OC)c3)c3ccccc3o2)cc1. The number of hydrogen-bond acceptors (Lipinski definition) is 5. The first-order valence-electron chi connectivity index (χ1n) is 9.15. The fraction of sp³-hybridized carbons (Fsp3) is 0.125. The van der Waals surface area contributed by atoms with Crippen LogP contribution in [0.25, 0.3) is 22.3 Å². The maximum Gasteiger partial charge on any atom is 0.136 e. The number of methoxy groups -OCH3 is 3. The lowest BCUT2D eigenvalue weighted by molar-refractivity contribution is 0.394. The smallest absolute Gasteiger partial charge is 0.136 e. The summed E-state index contributed by atoms with van der Waals surface area (Å²) in [4.78, 5) is 4.86. The third kappa shape index (κ3) is 3.94. The van der Waals surface area contributed by atoms with E-state index in [1.807, 2.05) is 72.8 Å². The van der Waals surface area contributed by atoms with E-state index in [4.69, 9.17) is 23.6 Å². The number of nitrogens with zero attached hydrogens (tertiary/aromatic N) is 1. The van der Waals surface area contributed by atoms with Crippen molar-refractivity contribution >= 4 is 16.7 Å². The topological polar surface area (TPSA) is 53.2 Å². The maximum absolute atomic E-state index is 6.14. The van der Waals surface area contributed by atoms with Crippen molar-refractivity contribution in [2.75, 3.05) is 21.3 Å². The van der Waals surface area contributed by atoms with E-state index in [0.29, 0.717) is 11.5 Å². The number of para-hydroxylation sites is 1. The van der Waals surface area contributed by atoms with Crippen LogP contribution in [0.5, 0.6) is 17.2 Å². The number of benzene rings is 3. The van der Waals surface area contributed by atoms with Crippen molar-refractivity contribution in [2.24, 2.45) is 4.99 Å². The Bertz CT molecular complexity index is 1190. The number of hydrogen-bond donors (Lipinski definition) is 0. The summed E-state index contributed by atoms with van der Waals surface area (Å²) in [6.07, 6.45) is 0. The first kappa shape index (κ1) is 18.6. The van der Waals surface area contributed by atoms with E-state index in [1.165, 1.54) is 0 Å². The molecule has 5 nitrogen and oxygen atoms in total. The average molecular weight is 387 g/mol. The number of fused-ring (bicyclic) bond motifs is 1. The van der Waals surface area contributed by atoms with Gasteiger partial charge in [-0.15, -0.1) is 0 Å². The fourth-order valence-electron chi connectivity index (χ4n) is 3.10. The molecule has 1 heterocycles. The molecule has 0 N–H and O–H groups in total. The van der Waals surface area contributed by atoms with Crippen LogP contribution in [0, 0.1) is 0 Å². The Morgan fingerprint density at radius 3 is 2.00 bits per heavy atom. The molecule has 0 aliphatic heterocycles. The minimum atomic E-state index is 0.684. The zero-order valence-electron chi connectivity index (χ0n) is 16.5. The van der Waals surface area contributed by atoms with Gasteiger partial charge in [0.1, 0.15) is 28.6 Å². The van der Waals surface area contributed by atoms with Crippen LogP contribution in [-0.2, 0) is 0 Å². The van der Waals surface area contributed by atoms with Crippen molar-refractivity contribution in [3.05, 3.63) is 78.2 Å². The lowest BCUT2D eigenvalue weighted by Gasteiger charge is -2.07. The van der Waals surface area contributed by atoms with Gasteiger partial charge in [-0.2, -0.15) is 0 Å². The first-order valence-corrected chi connectivity index (χ1v) is 9.15. The predicted molar refractivity (Wildman–Crippen MR) is 113 cm³/mol. The van der Waals surface area contributed by atoms with Crippen LogP contribution in [0.1, 0.15) is 0 Å². The van der Waals surface area contributed by atoms with Gasteiger partial charge in [-0.1, -0.05) is 12.1 Å². The van der Waals surface area contributed by atoms with Crippen LogP contribution in [-0.4, -0.2) is 21.3 Å². The Hall–Kier alpha value is -3.73. The van der Waals surface area contributed by atoms with Gasteiger partial charge < -0.3 is 18.6 Å². The minimum absolute atomic E-state index is 0.684. The largest absolute Gasteiger partial charge is 0.497 e. The highest BCUT2D eigenvalue weighted by Gasteiger charge is 2.07. The fourth-order valence-corrected chi connectivity index (χ4v) is 3.10. The molecule has 5 heteroatoms. The van der Waals surface area contributed by atoms with Crippen LogP contribution >= 0.6 is 0 Å². The molecule has 0 spiro atoms. The molecule has 0 saturated heterocycles. The molecule has 4 aromatic rings. The second-order valence-electron chi connectivity index (χ2n) is 6.40. The molecule has 0 amide bonds. The van der Waals surface area contributed by atoms with Crippen LogP contribution < -0.4 is 19.6 Å². The Balaban J connectivity index is 1.92. The second kappa shape index (κ2) is 8.10. The number of ether oxygens (including phenoxy) is 3. The molecule has 0 aliphatic rings. The zero-order chi connectivity index (χ0) is 20.2.